The zero-order chi connectivity index (χ0) is 14.4. The molecular weight excluding hydrogens is 334 g/mol. The van der Waals surface area contributed by atoms with Crippen molar-refractivity contribution in [2.45, 2.75) is 17.4 Å². The second-order valence-electron chi connectivity index (χ2n) is 4.55. The Morgan fingerprint density at radius 3 is 2.90 bits per heavy atom. The molecule has 0 saturated heterocycles. The molecule has 0 saturated carbocycles. The molecule has 1 aromatic carbocycles. The lowest BCUT2D eigenvalue weighted by molar-refractivity contribution is 0.617. The van der Waals surface area contributed by atoms with Crippen LogP contribution in [0.2, 0.25) is 0 Å². The van der Waals surface area contributed by atoms with Crippen LogP contribution in [0.15, 0.2) is 52.0 Å². The Labute approximate surface area is 132 Å². The Balaban J connectivity index is 1.92. The zero-order valence-electron chi connectivity index (χ0n) is 11.3. The first-order valence-corrected chi connectivity index (χ1v) is 8.21. The van der Waals surface area contributed by atoms with Gasteiger partial charge in [0.2, 0.25) is 0 Å². The van der Waals surface area contributed by atoms with Crippen LogP contribution < -0.4 is 11.1 Å². The molecule has 0 radical (unpaired) electrons. The summed E-state index contributed by atoms with van der Waals surface area (Å²) in [6, 6.07) is 12.7. The average Bonchev–Trinajstić information content (AvgIpc) is 2.43. The maximum Gasteiger partial charge on any atom is 0.123 e. The Kier molecular flexibility index (Phi) is 5.88. The molecule has 0 spiro atoms. The smallest absolute Gasteiger partial charge is 0.123 e. The SMILES string of the molecule is CNC(CSc1cccc(Br)c1)Cc1ccnc(N)c1. The molecule has 3 nitrogen and oxygen atoms in total. The van der Waals surface area contributed by atoms with Crippen LogP contribution in [0.1, 0.15) is 5.56 Å². The van der Waals surface area contributed by atoms with E-state index in [0.29, 0.717) is 11.9 Å². The molecule has 0 aliphatic carbocycles. The van der Waals surface area contributed by atoms with Gasteiger partial charge in [-0.25, -0.2) is 4.98 Å². The first kappa shape index (κ1) is 15.4. The molecular formula is C15H18BrN3S. The molecule has 106 valence electrons. The Bertz CT molecular complexity index is 562. The number of benzene rings is 1. The van der Waals surface area contributed by atoms with Gasteiger partial charge in [0, 0.05) is 27.4 Å². The maximum atomic E-state index is 5.72. The number of rotatable bonds is 6. The number of hydrogen-bond acceptors (Lipinski definition) is 4. The van der Waals surface area contributed by atoms with Crippen molar-refractivity contribution >= 4 is 33.5 Å². The van der Waals surface area contributed by atoms with Gasteiger partial charge in [-0.2, -0.15) is 0 Å². The van der Waals surface area contributed by atoms with E-state index in [1.807, 2.05) is 37.0 Å². The fourth-order valence-corrected chi connectivity index (χ4v) is 3.52. The summed E-state index contributed by atoms with van der Waals surface area (Å²) < 4.78 is 1.12. The van der Waals surface area contributed by atoms with Crippen LogP contribution in [0.5, 0.6) is 0 Å². The van der Waals surface area contributed by atoms with E-state index in [1.165, 1.54) is 10.5 Å². The quantitative estimate of drug-likeness (QED) is 0.783. The number of aromatic nitrogens is 1. The topological polar surface area (TPSA) is 50.9 Å². The van der Waals surface area contributed by atoms with Crippen LogP contribution in [0.25, 0.3) is 0 Å². The number of nitrogens with one attached hydrogen (secondary N) is 1. The highest BCUT2D eigenvalue weighted by atomic mass is 79.9. The fourth-order valence-electron chi connectivity index (χ4n) is 1.90. The lowest BCUT2D eigenvalue weighted by atomic mass is 10.1. The summed E-state index contributed by atoms with van der Waals surface area (Å²) in [5, 5.41) is 3.36. The Morgan fingerprint density at radius 1 is 1.35 bits per heavy atom. The Morgan fingerprint density at radius 2 is 2.20 bits per heavy atom. The van der Waals surface area contributed by atoms with E-state index in [-0.39, 0.29) is 0 Å². The van der Waals surface area contributed by atoms with E-state index < -0.39 is 0 Å². The normalized spacial score (nSPS) is 12.3. The highest BCUT2D eigenvalue weighted by molar-refractivity contribution is 9.10. The van der Waals surface area contributed by atoms with Gasteiger partial charge in [-0.3, -0.25) is 0 Å². The Hall–Kier alpha value is -1.04. The van der Waals surface area contributed by atoms with Crippen molar-refractivity contribution in [3.8, 4) is 0 Å². The van der Waals surface area contributed by atoms with Gasteiger partial charge in [-0.1, -0.05) is 22.0 Å². The summed E-state index contributed by atoms with van der Waals surface area (Å²) in [7, 11) is 2.00. The first-order chi connectivity index (χ1) is 9.67. The highest BCUT2D eigenvalue weighted by Gasteiger charge is 2.08. The van der Waals surface area contributed by atoms with E-state index in [4.69, 9.17) is 5.73 Å². The standard InChI is InChI=1S/C15H18BrN3S/c1-18-13(7-11-5-6-19-15(17)8-11)10-20-14-4-2-3-12(16)9-14/h2-6,8-9,13,18H,7,10H2,1H3,(H2,17,19). The van der Waals surface area contributed by atoms with Gasteiger partial charge < -0.3 is 11.1 Å². The molecule has 3 N–H and O–H groups in total. The van der Waals surface area contributed by atoms with Gasteiger partial charge >= 0.3 is 0 Å². The highest BCUT2D eigenvalue weighted by Crippen LogP contribution is 2.23. The second-order valence-corrected chi connectivity index (χ2v) is 6.56. The molecule has 0 aliphatic rings. The number of pyridine rings is 1. The number of nitrogens with zero attached hydrogens (tertiary/aromatic N) is 1. The molecule has 1 aromatic heterocycles. The summed E-state index contributed by atoms with van der Waals surface area (Å²) in [6.45, 7) is 0. The minimum absolute atomic E-state index is 0.404. The maximum absolute atomic E-state index is 5.72. The number of nitrogen functional groups attached to an aromatic ring is 1. The van der Waals surface area contributed by atoms with Crippen molar-refractivity contribution < 1.29 is 0 Å². The second kappa shape index (κ2) is 7.67. The molecule has 0 fully saturated rings. The molecule has 1 atom stereocenters. The lowest BCUT2D eigenvalue weighted by Gasteiger charge is -2.16. The number of nitrogens with two attached hydrogens (primary N) is 1. The zero-order valence-corrected chi connectivity index (χ0v) is 13.7. The summed E-state index contributed by atoms with van der Waals surface area (Å²) in [5.74, 6) is 1.59. The summed E-state index contributed by atoms with van der Waals surface area (Å²) in [5.41, 5.74) is 6.93. The van der Waals surface area contributed by atoms with E-state index >= 15 is 0 Å². The molecule has 5 heteroatoms. The van der Waals surface area contributed by atoms with Gasteiger partial charge in [0.25, 0.3) is 0 Å². The van der Waals surface area contributed by atoms with Gasteiger partial charge in [0.15, 0.2) is 0 Å². The van der Waals surface area contributed by atoms with Crippen LogP contribution in [-0.2, 0) is 6.42 Å². The largest absolute Gasteiger partial charge is 0.384 e. The predicted octanol–water partition coefficient (Wildman–Crippen LogP) is 3.35. The molecule has 0 amide bonds. The minimum Gasteiger partial charge on any atom is -0.384 e. The average molecular weight is 352 g/mol. The molecule has 0 bridgehead atoms. The number of halogens is 1. The van der Waals surface area contributed by atoms with Gasteiger partial charge in [0.1, 0.15) is 5.82 Å². The minimum atomic E-state index is 0.404. The lowest BCUT2D eigenvalue weighted by Crippen LogP contribution is -2.30. The van der Waals surface area contributed by atoms with Crippen molar-refractivity contribution in [3.63, 3.8) is 0 Å². The van der Waals surface area contributed by atoms with E-state index in [1.54, 1.807) is 6.20 Å². The van der Waals surface area contributed by atoms with Crippen LogP contribution in [0, 0.1) is 0 Å². The molecule has 0 aliphatic heterocycles. The third-order valence-corrected chi connectivity index (χ3v) is 4.63. The number of likely N-dealkylation sites (N-methyl/N-ethyl adjacent to an activating group) is 1. The van der Waals surface area contributed by atoms with Crippen molar-refractivity contribution in [2.75, 3.05) is 18.5 Å². The third kappa shape index (κ3) is 4.81. The van der Waals surface area contributed by atoms with E-state index in [0.717, 1.165) is 16.6 Å². The van der Waals surface area contributed by atoms with Gasteiger partial charge in [-0.05, 0) is 49.4 Å². The fraction of sp³-hybridized carbons (Fsp3) is 0.267. The van der Waals surface area contributed by atoms with Crippen LogP contribution >= 0.6 is 27.7 Å². The number of anilines is 1. The van der Waals surface area contributed by atoms with Crippen molar-refractivity contribution in [3.05, 3.63) is 52.6 Å². The van der Waals surface area contributed by atoms with Crippen LogP contribution in [-0.4, -0.2) is 23.8 Å². The number of hydrogen-bond donors (Lipinski definition) is 2. The molecule has 1 heterocycles. The third-order valence-electron chi connectivity index (χ3n) is 2.98. The van der Waals surface area contributed by atoms with E-state index in [9.17, 15) is 0 Å². The van der Waals surface area contributed by atoms with Crippen molar-refractivity contribution in [1.29, 1.82) is 0 Å². The molecule has 20 heavy (non-hydrogen) atoms. The first-order valence-electron chi connectivity index (χ1n) is 6.43. The van der Waals surface area contributed by atoms with Crippen LogP contribution in [0.3, 0.4) is 0 Å². The monoisotopic (exact) mass is 351 g/mol. The van der Waals surface area contributed by atoms with Gasteiger partial charge in [-0.15, -0.1) is 11.8 Å². The molecule has 2 aromatic rings. The summed E-state index contributed by atoms with van der Waals surface area (Å²) in [4.78, 5) is 5.30. The molecule has 1 unspecified atom stereocenters. The van der Waals surface area contributed by atoms with Gasteiger partial charge in [0.05, 0.1) is 0 Å². The van der Waals surface area contributed by atoms with Crippen molar-refractivity contribution in [2.24, 2.45) is 0 Å². The summed E-state index contributed by atoms with van der Waals surface area (Å²) >= 11 is 5.35. The van der Waals surface area contributed by atoms with Crippen molar-refractivity contribution in [1.82, 2.24) is 10.3 Å². The number of thioether (sulfide) groups is 1. The molecule has 2 rings (SSSR count). The predicted molar refractivity (Wildman–Crippen MR) is 90.1 cm³/mol. The van der Waals surface area contributed by atoms with E-state index in [2.05, 4.69) is 44.4 Å². The van der Waals surface area contributed by atoms with Crippen LogP contribution in [0.4, 0.5) is 5.82 Å². The summed E-state index contributed by atoms with van der Waals surface area (Å²) in [6.07, 6.45) is 2.71.